The van der Waals surface area contributed by atoms with Gasteiger partial charge < -0.3 is 10.2 Å². The highest BCUT2D eigenvalue weighted by molar-refractivity contribution is 5.79. The first kappa shape index (κ1) is 18.0. The minimum absolute atomic E-state index is 0.139. The average molecular weight is 364 g/mol. The van der Waals surface area contributed by atoms with Gasteiger partial charge in [0, 0.05) is 36.8 Å². The Morgan fingerprint density at radius 1 is 1.11 bits per heavy atom. The number of carbonyl (C=O) groups is 1. The Morgan fingerprint density at radius 2 is 1.89 bits per heavy atom. The molecule has 142 valence electrons. The van der Waals surface area contributed by atoms with Crippen molar-refractivity contribution in [2.75, 3.05) is 18.0 Å². The second kappa shape index (κ2) is 8.07. The van der Waals surface area contributed by atoms with Crippen LogP contribution >= 0.6 is 0 Å². The zero-order valence-corrected chi connectivity index (χ0v) is 16.0. The maximum Gasteiger partial charge on any atom is 0.223 e. The summed E-state index contributed by atoms with van der Waals surface area (Å²) in [6.07, 6.45) is 8.41. The van der Waals surface area contributed by atoms with Gasteiger partial charge in [0.2, 0.25) is 5.91 Å². The minimum Gasteiger partial charge on any atom is -0.356 e. The van der Waals surface area contributed by atoms with E-state index in [4.69, 9.17) is 4.98 Å². The SMILES string of the molecule is Cc1cccc(-c2nccc(N3CCC(C(=O)NC4CCCC4)CC3)n2)c1. The largest absolute Gasteiger partial charge is 0.356 e. The number of anilines is 1. The van der Waals surface area contributed by atoms with E-state index in [0.29, 0.717) is 6.04 Å². The van der Waals surface area contributed by atoms with E-state index >= 15 is 0 Å². The molecule has 1 aromatic heterocycles. The van der Waals surface area contributed by atoms with Gasteiger partial charge >= 0.3 is 0 Å². The van der Waals surface area contributed by atoms with Crippen molar-refractivity contribution >= 4 is 11.7 Å². The van der Waals surface area contributed by atoms with Crippen molar-refractivity contribution in [3.8, 4) is 11.4 Å². The first-order valence-electron chi connectivity index (χ1n) is 10.1. The number of aryl methyl sites for hydroxylation is 1. The van der Waals surface area contributed by atoms with Crippen LogP contribution in [-0.2, 0) is 4.79 Å². The summed E-state index contributed by atoms with van der Waals surface area (Å²) < 4.78 is 0. The van der Waals surface area contributed by atoms with Gasteiger partial charge in [-0.15, -0.1) is 0 Å². The lowest BCUT2D eigenvalue weighted by atomic mass is 9.95. The monoisotopic (exact) mass is 364 g/mol. The van der Waals surface area contributed by atoms with Crippen molar-refractivity contribution in [1.82, 2.24) is 15.3 Å². The molecule has 1 aromatic carbocycles. The predicted molar refractivity (Wildman–Crippen MR) is 108 cm³/mol. The molecule has 2 heterocycles. The van der Waals surface area contributed by atoms with E-state index < -0.39 is 0 Å². The van der Waals surface area contributed by atoms with Gasteiger partial charge in [-0.3, -0.25) is 4.79 Å². The van der Waals surface area contributed by atoms with Crippen LogP contribution in [0.1, 0.15) is 44.1 Å². The van der Waals surface area contributed by atoms with Gasteiger partial charge in [0.25, 0.3) is 0 Å². The molecule has 0 radical (unpaired) electrons. The van der Waals surface area contributed by atoms with Crippen LogP contribution in [0.15, 0.2) is 36.5 Å². The van der Waals surface area contributed by atoms with Gasteiger partial charge in [-0.2, -0.15) is 0 Å². The molecule has 1 N–H and O–H groups in total. The topological polar surface area (TPSA) is 58.1 Å². The highest BCUT2D eigenvalue weighted by atomic mass is 16.1. The summed E-state index contributed by atoms with van der Waals surface area (Å²) in [4.78, 5) is 24.0. The fraction of sp³-hybridized carbons (Fsp3) is 0.500. The van der Waals surface area contributed by atoms with E-state index in [1.165, 1.54) is 18.4 Å². The van der Waals surface area contributed by atoms with Crippen LogP contribution in [0, 0.1) is 12.8 Å². The summed E-state index contributed by atoms with van der Waals surface area (Å²) in [6.45, 7) is 3.81. The lowest BCUT2D eigenvalue weighted by molar-refractivity contribution is -0.126. The molecule has 2 aromatic rings. The van der Waals surface area contributed by atoms with Crippen LogP contribution in [0.2, 0.25) is 0 Å². The molecular weight excluding hydrogens is 336 g/mol. The Bertz CT molecular complexity index is 792. The first-order valence-corrected chi connectivity index (χ1v) is 10.1. The Balaban J connectivity index is 1.38. The van der Waals surface area contributed by atoms with Crippen LogP contribution in [0.5, 0.6) is 0 Å². The average Bonchev–Trinajstić information content (AvgIpc) is 3.21. The Morgan fingerprint density at radius 3 is 2.63 bits per heavy atom. The summed E-state index contributed by atoms with van der Waals surface area (Å²) in [5.74, 6) is 2.11. The lowest BCUT2D eigenvalue weighted by Gasteiger charge is -2.32. The Labute approximate surface area is 161 Å². The van der Waals surface area contributed by atoms with Crippen LogP contribution in [0.25, 0.3) is 11.4 Å². The zero-order chi connectivity index (χ0) is 18.6. The summed E-state index contributed by atoms with van der Waals surface area (Å²) in [5.41, 5.74) is 2.25. The minimum atomic E-state index is 0.139. The third-order valence-electron chi connectivity index (χ3n) is 5.81. The quantitative estimate of drug-likeness (QED) is 0.898. The van der Waals surface area contributed by atoms with Crippen molar-refractivity contribution in [2.24, 2.45) is 5.92 Å². The van der Waals surface area contributed by atoms with Gasteiger partial charge in [0.05, 0.1) is 0 Å². The van der Waals surface area contributed by atoms with Gasteiger partial charge in [0.1, 0.15) is 5.82 Å². The maximum atomic E-state index is 12.5. The van der Waals surface area contributed by atoms with Gasteiger partial charge in [-0.1, -0.05) is 36.6 Å². The van der Waals surface area contributed by atoms with Crippen molar-refractivity contribution < 1.29 is 4.79 Å². The molecule has 1 saturated carbocycles. The third-order valence-corrected chi connectivity index (χ3v) is 5.81. The summed E-state index contributed by atoms with van der Waals surface area (Å²) in [6, 6.07) is 10.7. The van der Waals surface area contributed by atoms with Crippen LogP contribution in [-0.4, -0.2) is 35.0 Å². The molecule has 5 heteroatoms. The highest BCUT2D eigenvalue weighted by Crippen LogP contribution is 2.25. The van der Waals surface area contributed by atoms with Crippen molar-refractivity contribution in [2.45, 2.75) is 51.5 Å². The summed E-state index contributed by atoms with van der Waals surface area (Å²) >= 11 is 0. The van der Waals surface area contributed by atoms with E-state index in [0.717, 1.165) is 56.0 Å². The van der Waals surface area contributed by atoms with E-state index in [1.54, 1.807) is 0 Å². The van der Waals surface area contributed by atoms with E-state index in [2.05, 4.69) is 34.3 Å². The second-order valence-corrected chi connectivity index (χ2v) is 7.86. The molecule has 0 atom stereocenters. The standard InChI is InChI=1S/C22H28N4O/c1-16-5-4-6-18(15-16)21-23-12-9-20(25-21)26-13-10-17(11-14-26)22(27)24-19-7-2-3-8-19/h4-6,9,12,15,17,19H,2-3,7-8,10-11,13-14H2,1H3,(H,24,27). The number of aromatic nitrogens is 2. The van der Waals surface area contributed by atoms with E-state index in [1.807, 2.05) is 24.4 Å². The molecule has 2 aliphatic rings. The number of nitrogens with one attached hydrogen (secondary N) is 1. The lowest BCUT2D eigenvalue weighted by Crippen LogP contribution is -2.43. The number of hydrogen-bond acceptors (Lipinski definition) is 4. The van der Waals surface area contributed by atoms with Crippen molar-refractivity contribution in [1.29, 1.82) is 0 Å². The van der Waals surface area contributed by atoms with Gasteiger partial charge in [0.15, 0.2) is 5.82 Å². The van der Waals surface area contributed by atoms with Crippen LogP contribution in [0.4, 0.5) is 5.82 Å². The maximum absolute atomic E-state index is 12.5. The normalized spacial score (nSPS) is 18.6. The predicted octanol–water partition coefficient (Wildman–Crippen LogP) is 3.73. The number of hydrogen-bond donors (Lipinski definition) is 1. The molecule has 1 amide bonds. The molecule has 5 nitrogen and oxygen atoms in total. The molecule has 2 fully saturated rings. The molecule has 4 rings (SSSR count). The molecular formula is C22H28N4O. The highest BCUT2D eigenvalue weighted by Gasteiger charge is 2.28. The fourth-order valence-corrected chi connectivity index (χ4v) is 4.21. The number of piperidine rings is 1. The van der Waals surface area contributed by atoms with Crippen molar-refractivity contribution in [3.63, 3.8) is 0 Å². The number of amides is 1. The van der Waals surface area contributed by atoms with Crippen LogP contribution < -0.4 is 10.2 Å². The number of benzene rings is 1. The molecule has 0 bridgehead atoms. The Kier molecular flexibility index (Phi) is 5.37. The third kappa shape index (κ3) is 4.29. The zero-order valence-electron chi connectivity index (χ0n) is 16.0. The number of rotatable bonds is 4. The number of carbonyl (C=O) groups excluding carboxylic acids is 1. The smallest absolute Gasteiger partial charge is 0.223 e. The van der Waals surface area contributed by atoms with E-state index in [-0.39, 0.29) is 11.8 Å². The summed E-state index contributed by atoms with van der Waals surface area (Å²) in [5, 5.41) is 3.26. The second-order valence-electron chi connectivity index (χ2n) is 7.86. The number of nitrogens with zero attached hydrogens (tertiary/aromatic N) is 3. The molecule has 0 spiro atoms. The molecule has 1 saturated heterocycles. The molecule has 1 aliphatic carbocycles. The molecule has 0 unspecified atom stereocenters. The van der Waals surface area contributed by atoms with Crippen molar-refractivity contribution in [3.05, 3.63) is 42.1 Å². The molecule has 27 heavy (non-hydrogen) atoms. The first-order chi connectivity index (χ1) is 13.2. The molecule has 1 aliphatic heterocycles. The van der Waals surface area contributed by atoms with E-state index in [9.17, 15) is 4.79 Å². The van der Waals surface area contributed by atoms with Crippen LogP contribution in [0.3, 0.4) is 0 Å². The Hall–Kier alpha value is -2.43. The van der Waals surface area contributed by atoms with Gasteiger partial charge in [-0.25, -0.2) is 9.97 Å². The fourth-order valence-electron chi connectivity index (χ4n) is 4.21. The van der Waals surface area contributed by atoms with Gasteiger partial charge in [-0.05, 0) is 44.7 Å². The summed E-state index contributed by atoms with van der Waals surface area (Å²) in [7, 11) is 0.